The molecule has 0 spiro atoms. The van der Waals surface area contributed by atoms with Crippen LogP contribution in [0.2, 0.25) is 0 Å². The summed E-state index contributed by atoms with van der Waals surface area (Å²) in [6.07, 6.45) is 7.95. The molecule has 0 amide bonds. The Kier molecular flexibility index (Phi) is 6.80. The van der Waals surface area contributed by atoms with Gasteiger partial charge in [0.2, 0.25) is 0 Å². The summed E-state index contributed by atoms with van der Waals surface area (Å²) in [6.45, 7) is 3.75. The first-order chi connectivity index (χ1) is 16.7. The summed E-state index contributed by atoms with van der Waals surface area (Å²) in [5.41, 5.74) is 1.78. The molecule has 0 aliphatic heterocycles. The fraction of sp³-hybridized carbons (Fsp3) is 0.667. The van der Waals surface area contributed by atoms with E-state index in [1.54, 1.807) is 19.1 Å². The molecule has 4 fully saturated rings. The molecule has 0 aromatic heterocycles. The highest BCUT2D eigenvalue weighted by atomic mass is 16.3. The standard InChI is InChI=1S/C30H40O5/c1-17(32)18-5-7-19(8-6-18)25-16-30(2)26(11-12-28(30)35)24-15-23(27(34)4-3-13-31)22-14-20(33)9-10-21(22)29(24)25/h3-8,21-29,31,34-35H,9-16H2,1-2H3/t21-,22?,23+,24-,25+,26-,27?,28-,29+,30-/m0/s1. The molecule has 1 aromatic rings. The SMILES string of the molecule is CC(=O)c1ccc([C@H]2C[C@]3(C)[C@@H](O)CC[C@H]3[C@@H]3C[C@@H](C(O)C=CCO)C4CC(=O)CC[C@@H]4[C@H]32)cc1. The van der Waals surface area contributed by atoms with Crippen LogP contribution in [0.3, 0.4) is 0 Å². The lowest BCUT2D eigenvalue weighted by Gasteiger charge is -2.60. The molecule has 5 rings (SSSR count). The summed E-state index contributed by atoms with van der Waals surface area (Å²) < 4.78 is 0. The van der Waals surface area contributed by atoms with Crippen LogP contribution >= 0.6 is 0 Å². The molecular weight excluding hydrogens is 440 g/mol. The van der Waals surface area contributed by atoms with Gasteiger partial charge in [-0.05, 0) is 91.4 Å². The van der Waals surface area contributed by atoms with Crippen molar-refractivity contribution in [3.05, 3.63) is 47.5 Å². The van der Waals surface area contributed by atoms with Crippen LogP contribution in [0, 0.1) is 40.9 Å². The van der Waals surface area contributed by atoms with Crippen LogP contribution in [0.5, 0.6) is 0 Å². The lowest BCUT2D eigenvalue weighted by Crippen LogP contribution is -2.56. The number of carbonyl (C=O) groups is 2. The summed E-state index contributed by atoms with van der Waals surface area (Å²) >= 11 is 0. The van der Waals surface area contributed by atoms with Crippen molar-refractivity contribution >= 4 is 11.6 Å². The average molecular weight is 481 g/mol. The first-order valence-electron chi connectivity index (χ1n) is 13.5. The van der Waals surface area contributed by atoms with Crippen LogP contribution in [0.1, 0.15) is 80.6 Å². The second-order valence-electron chi connectivity index (χ2n) is 12.0. The molecule has 0 radical (unpaired) electrons. The summed E-state index contributed by atoms with van der Waals surface area (Å²) in [6, 6.07) is 8.08. The van der Waals surface area contributed by atoms with Gasteiger partial charge in [0.1, 0.15) is 5.78 Å². The van der Waals surface area contributed by atoms with E-state index in [1.807, 2.05) is 12.1 Å². The second-order valence-corrected chi connectivity index (χ2v) is 12.0. The van der Waals surface area contributed by atoms with E-state index in [4.69, 9.17) is 0 Å². The number of Topliss-reactive ketones (excluding diaryl/α,β-unsaturated/α-hetero) is 2. The maximum atomic E-state index is 12.6. The molecular formula is C30H40O5. The maximum Gasteiger partial charge on any atom is 0.159 e. The Morgan fingerprint density at radius 1 is 1.14 bits per heavy atom. The van der Waals surface area contributed by atoms with E-state index in [0.29, 0.717) is 42.3 Å². The number of rotatable bonds is 5. The van der Waals surface area contributed by atoms with E-state index in [9.17, 15) is 24.9 Å². The average Bonchev–Trinajstić information content (AvgIpc) is 3.15. The Balaban J connectivity index is 1.57. The molecule has 190 valence electrons. The van der Waals surface area contributed by atoms with E-state index in [-0.39, 0.29) is 41.7 Å². The first kappa shape index (κ1) is 24.9. The molecule has 0 saturated heterocycles. The number of aliphatic hydroxyl groups excluding tert-OH is 3. The molecule has 4 saturated carbocycles. The van der Waals surface area contributed by atoms with E-state index in [0.717, 1.165) is 37.7 Å². The van der Waals surface area contributed by atoms with Gasteiger partial charge >= 0.3 is 0 Å². The lowest BCUT2D eigenvalue weighted by atomic mass is 9.44. The monoisotopic (exact) mass is 480 g/mol. The van der Waals surface area contributed by atoms with Crippen molar-refractivity contribution in [2.75, 3.05) is 6.61 Å². The molecule has 4 aliphatic carbocycles. The van der Waals surface area contributed by atoms with Crippen LogP contribution in [-0.2, 0) is 4.79 Å². The molecule has 0 heterocycles. The Hall–Kier alpha value is -1.82. The van der Waals surface area contributed by atoms with Crippen molar-refractivity contribution in [3.63, 3.8) is 0 Å². The van der Waals surface area contributed by atoms with Gasteiger partial charge in [-0.1, -0.05) is 43.3 Å². The molecule has 5 heteroatoms. The number of hydrogen-bond acceptors (Lipinski definition) is 5. The molecule has 4 aliphatic rings. The predicted octanol–water partition coefficient (Wildman–Crippen LogP) is 4.30. The summed E-state index contributed by atoms with van der Waals surface area (Å²) in [4.78, 5) is 24.5. The van der Waals surface area contributed by atoms with Gasteiger partial charge in [-0.15, -0.1) is 0 Å². The summed E-state index contributed by atoms with van der Waals surface area (Å²) in [7, 11) is 0. The van der Waals surface area contributed by atoms with Crippen molar-refractivity contribution in [2.24, 2.45) is 40.9 Å². The van der Waals surface area contributed by atoms with Crippen molar-refractivity contribution in [1.82, 2.24) is 0 Å². The van der Waals surface area contributed by atoms with Crippen LogP contribution in [0.25, 0.3) is 0 Å². The molecule has 5 nitrogen and oxygen atoms in total. The minimum atomic E-state index is -0.672. The largest absolute Gasteiger partial charge is 0.393 e. The molecule has 1 aromatic carbocycles. The van der Waals surface area contributed by atoms with Gasteiger partial charge in [0.15, 0.2) is 5.78 Å². The number of carbonyl (C=O) groups excluding carboxylic acids is 2. The van der Waals surface area contributed by atoms with Crippen LogP contribution in [0.15, 0.2) is 36.4 Å². The van der Waals surface area contributed by atoms with Gasteiger partial charge in [0, 0.05) is 18.4 Å². The van der Waals surface area contributed by atoms with E-state index in [1.165, 1.54) is 5.56 Å². The smallest absolute Gasteiger partial charge is 0.159 e. The Morgan fingerprint density at radius 2 is 1.89 bits per heavy atom. The third-order valence-corrected chi connectivity index (χ3v) is 10.5. The van der Waals surface area contributed by atoms with Crippen LogP contribution in [0.4, 0.5) is 0 Å². The zero-order chi connectivity index (χ0) is 24.9. The molecule has 10 atom stereocenters. The van der Waals surface area contributed by atoms with E-state index in [2.05, 4.69) is 19.1 Å². The molecule has 2 unspecified atom stereocenters. The molecule has 35 heavy (non-hydrogen) atoms. The highest BCUT2D eigenvalue weighted by Crippen LogP contribution is 2.67. The third-order valence-electron chi connectivity index (χ3n) is 10.5. The van der Waals surface area contributed by atoms with Gasteiger partial charge < -0.3 is 15.3 Å². The lowest BCUT2D eigenvalue weighted by molar-refractivity contribution is -0.141. The Morgan fingerprint density at radius 3 is 2.57 bits per heavy atom. The Labute approximate surface area is 208 Å². The molecule has 3 N–H and O–H groups in total. The topological polar surface area (TPSA) is 94.8 Å². The molecule has 0 bridgehead atoms. The van der Waals surface area contributed by atoms with Crippen molar-refractivity contribution in [1.29, 1.82) is 0 Å². The number of hydrogen-bond donors (Lipinski definition) is 3. The van der Waals surface area contributed by atoms with Gasteiger partial charge in [0.05, 0.1) is 18.8 Å². The zero-order valence-electron chi connectivity index (χ0n) is 21.0. The van der Waals surface area contributed by atoms with Crippen molar-refractivity contribution in [3.8, 4) is 0 Å². The summed E-state index contributed by atoms with van der Waals surface area (Å²) in [5.74, 6) is 2.31. The van der Waals surface area contributed by atoms with Crippen molar-refractivity contribution < 1.29 is 24.9 Å². The zero-order valence-corrected chi connectivity index (χ0v) is 21.0. The number of benzene rings is 1. The van der Waals surface area contributed by atoms with E-state index >= 15 is 0 Å². The van der Waals surface area contributed by atoms with Crippen LogP contribution < -0.4 is 0 Å². The quantitative estimate of drug-likeness (QED) is 0.431. The normalized spacial score (nSPS) is 41.8. The van der Waals surface area contributed by atoms with Gasteiger partial charge in [-0.2, -0.15) is 0 Å². The Bertz CT molecular complexity index is 983. The fourth-order valence-electron chi connectivity index (χ4n) is 8.88. The van der Waals surface area contributed by atoms with Gasteiger partial charge in [0.25, 0.3) is 0 Å². The predicted molar refractivity (Wildman–Crippen MR) is 134 cm³/mol. The minimum Gasteiger partial charge on any atom is -0.393 e. The number of ketones is 2. The van der Waals surface area contributed by atoms with Crippen LogP contribution in [-0.4, -0.2) is 45.7 Å². The highest BCUT2D eigenvalue weighted by molar-refractivity contribution is 5.94. The van der Waals surface area contributed by atoms with Gasteiger partial charge in [-0.3, -0.25) is 9.59 Å². The fourth-order valence-corrected chi connectivity index (χ4v) is 8.88. The van der Waals surface area contributed by atoms with Crippen molar-refractivity contribution in [2.45, 2.75) is 76.9 Å². The number of fused-ring (bicyclic) bond motifs is 5. The second kappa shape index (κ2) is 9.57. The maximum absolute atomic E-state index is 12.6. The first-order valence-corrected chi connectivity index (χ1v) is 13.5. The number of aliphatic hydroxyl groups is 3. The summed E-state index contributed by atoms with van der Waals surface area (Å²) in [5, 5.41) is 31.6. The van der Waals surface area contributed by atoms with E-state index < -0.39 is 6.10 Å². The highest BCUT2D eigenvalue weighted by Gasteiger charge is 2.62. The minimum absolute atomic E-state index is 0.00543. The van der Waals surface area contributed by atoms with Gasteiger partial charge in [-0.25, -0.2) is 0 Å². The third kappa shape index (κ3) is 4.24.